The first-order chi connectivity index (χ1) is 6.93. The van der Waals surface area contributed by atoms with Crippen LogP contribution in [0.15, 0.2) is 0 Å². The monoisotopic (exact) mass is 212 g/mol. The number of nitrogens with one attached hydrogen (secondary N) is 1. The fourth-order valence-corrected chi connectivity index (χ4v) is 1.61. The van der Waals surface area contributed by atoms with Crippen molar-refractivity contribution in [1.29, 1.82) is 0 Å². The molecule has 3 amide bonds. The predicted octanol–water partition coefficient (Wildman–Crippen LogP) is -0.0940. The SMILES string of the molecule is CC(C)C(=O)N(C)C1CCC(=O)NC1=O. The molecule has 1 N–H and O–H groups in total. The number of rotatable bonds is 2. The minimum atomic E-state index is -0.502. The molecular formula is C10H16N2O3. The molecule has 0 aliphatic carbocycles. The van der Waals surface area contributed by atoms with Crippen LogP contribution in [0.3, 0.4) is 0 Å². The van der Waals surface area contributed by atoms with Gasteiger partial charge in [-0.25, -0.2) is 0 Å². The van der Waals surface area contributed by atoms with Crippen LogP contribution < -0.4 is 5.32 Å². The van der Waals surface area contributed by atoms with Crippen molar-refractivity contribution in [2.45, 2.75) is 32.7 Å². The molecule has 1 saturated heterocycles. The van der Waals surface area contributed by atoms with Gasteiger partial charge >= 0.3 is 0 Å². The molecule has 1 rings (SSSR count). The average molecular weight is 212 g/mol. The maximum atomic E-state index is 11.6. The summed E-state index contributed by atoms with van der Waals surface area (Å²) in [6.07, 6.45) is 0.714. The molecule has 0 saturated carbocycles. The molecule has 1 aliphatic rings. The molecule has 0 spiro atoms. The minimum Gasteiger partial charge on any atom is -0.333 e. The third-order valence-corrected chi connectivity index (χ3v) is 2.52. The first-order valence-electron chi connectivity index (χ1n) is 5.04. The number of imide groups is 1. The zero-order valence-corrected chi connectivity index (χ0v) is 9.24. The van der Waals surface area contributed by atoms with E-state index in [0.29, 0.717) is 12.8 Å². The molecule has 15 heavy (non-hydrogen) atoms. The van der Waals surface area contributed by atoms with Crippen LogP contribution in [0, 0.1) is 5.92 Å². The molecule has 84 valence electrons. The number of piperidine rings is 1. The van der Waals surface area contributed by atoms with E-state index in [1.54, 1.807) is 20.9 Å². The van der Waals surface area contributed by atoms with Gasteiger partial charge in [-0.1, -0.05) is 13.8 Å². The van der Waals surface area contributed by atoms with Gasteiger partial charge in [-0.05, 0) is 6.42 Å². The average Bonchev–Trinajstić information content (AvgIpc) is 2.15. The fourth-order valence-electron chi connectivity index (χ4n) is 1.61. The number of nitrogens with zero attached hydrogens (tertiary/aromatic N) is 1. The second kappa shape index (κ2) is 4.42. The molecule has 1 aliphatic heterocycles. The molecule has 0 aromatic rings. The van der Waals surface area contributed by atoms with Gasteiger partial charge in [0.05, 0.1) is 0 Å². The van der Waals surface area contributed by atoms with E-state index >= 15 is 0 Å². The quantitative estimate of drug-likeness (QED) is 0.650. The predicted molar refractivity (Wildman–Crippen MR) is 53.8 cm³/mol. The summed E-state index contributed by atoms with van der Waals surface area (Å²) in [7, 11) is 1.60. The van der Waals surface area contributed by atoms with Gasteiger partial charge in [-0.2, -0.15) is 0 Å². The molecule has 1 fully saturated rings. The van der Waals surface area contributed by atoms with E-state index in [1.807, 2.05) is 0 Å². The van der Waals surface area contributed by atoms with Crippen molar-refractivity contribution in [3.8, 4) is 0 Å². The molecule has 1 heterocycles. The lowest BCUT2D eigenvalue weighted by Crippen LogP contribution is -2.53. The molecule has 0 aromatic carbocycles. The van der Waals surface area contributed by atoms with Crippen molar-refractivity contribution >= 4 is 17.7 Å². The Balaban J connectivity index is 2.68. The Morgan fingerprint density at radius 2 is 2.07 bits per heavy atom. The Morgan fingerprint density at radius 3 is 2.53 bits per heavy atom. The summed E-state index contributed by atoms with van der Waals surface area (Å²) < 4.78 is 0. The lowest BCUT2D eigenvalue weighted by Gasteiger charge is -2.30. The Kier molecular flexibility index (Phi) is 3.44. The second-order valence-corrected chi connectivity index (χ2v) is 4.07. The van der Waals surface area contributed by atoms with Crippen LogP contribution in [0.5, 0.6) is 0 Å². The molecule has 0 bridgehead atoms. The van der Waals surface area contributed by atoms with Crippen molar-refractivity contribution in [2.24, 2.45) is 5.92 Å². The largest absolute Gasteiger partial charge is 0.333 e. The van der Waals surface area contributed by atoms with Gasteiger partial charge in [0.2, 0.25) is 17.7 Å². The van der Waals surface area contributed by atoms with Crippen LogP contribution in [0.1, 0.15) is 26.7 Å². The highest BCUT2D eigenvalue weighted by molar-refractivity contribution is 6.01. The lowest BCUT2D eigenvalue weighted by molar-refractivity contribution is -0.146. The van der Waals surface area contributed by atoms with E-state index in [4.69, 9.17) is 0 Å². The topological polar surface area (TPSA) is 66.5 Å². The smallest absolute Gasteiger partial charge is 0.249 e. The molecular weight excluding hydrogens is 196 g/mol. The normalized spacial score (nSPS) is 21.5. The molecule has 5 heteroatoms. The van der Waals surface area contributed by atoms with Gasteiger partial charge in [0.1, 0.15) is 6.04 Å². The summed E-state index contributed by atoms with van der Waals surface area (Å²) in [5, 5.41) is 2.23. The molecule has 0 radical (unpaired) electrons. The third-order valence-electron chi connectivity index (χ3n) is 2.52. The van der Waals surface area contributed by atoms with Gasteiger partial charge in [-0.3, -0.25) is 19.7 Å². The number of carbonyl (C=O) groups excluding carboxylic acids is 3. The van der Waals surface area contributed by atoms with Gasteiger partial charge in [0.15, 0.2) is 0 Å². The van der Waals surface area contributed by atoms with E-state index in [1.165, 1.54) is 4.90 Å². The van der Waals surface area contributed by atoms with Gasteiger partial charge in [0, 0.05) is 19.4 Å². The van der Waals surface area contributed by atoms with E-state index in [9.17, 15) is 14.4 Å². The van der Waals surface area contributed by atoms with E-state index in [2.05, 4.69) is 5.32 Å². The minimum absolute atomic E-state index is 0.0792. The van der Waals surface area contributed by atoms with Crippen molar-refractivity contribution < 1.29 is 14.4 Å². The summed E-state index contributed by atoms with van der Waals surface area (Å²) in [6.45, 7) is 3.56. The Labute approximate surface area is 88.8 Å². The molecule has 1 atom stereocenters. The zero-order valence-electron chi connectivity index (χ0n) is 9.24. The highest BCUT2D eigenvalue weighted by Crippen LogP contribution is 2.13. The first-order valence-corrected chi connectivity index (χ1v) is 5.04. The van der Waals surface area contributed by atoms with Gasteiger partial charge in [-0.15, -0.1) is 0 Å². The maximum Gasteiger partial charge on any atom is 0.249 e. The van der Waals surface area contributed by atoms with Crippen LogP contribution in [-0.4, -0.2) is 35.7 Å². The molecule has 0 aromatic heterocycles. The van der Waals surface area contributed by atoms with E-state index < -0.39 is 6.04 Å². The van der Waals surface area contributed by atoms with Crippen molar-refractivity contribution in [3.63, 3.8) is 0 Å². The highest BCUT2D eigenvalue weighted by Gasteiger charge is 2.32. The van der Waals surface area contributed by atoms with Crippen LogP contribution >= 0.6 is 0 Å². The lowest BCUT2D eigenvalue weighted by atomic mass is 10.0. The summed E-state index contributed by atoms with van der Waals surface area (Å²) in [5.74, 6) is -0.852. The maximum absolute atomic E-state index is 11.6. The standard InChI is InChI=1S/C10H16N2O3/c1-6(2)10(15)12(3)7-4-5-8(13)11-9(7)14/h6-7H,4-5H2,1-3H3,(H,11,13,14). The number of amides is 3. The number of hydrogen-bond donors (Lipinski definition) is 1. The van der Waals surface area contributed by atoms with Crippen LogP contribution in [-0.2, 0) is 14.4 Å². The first kappa shape index (κ1) is 11.7. The Morgan fingerprint density at radius 1 is 1.47 bits per heavy atom. The van der Waals surface area contributed by atoms with Crippen molar-refractivity contribution in [3.05, 3.63) is 0 Å². The van der Waals surface area contributed by atoms with Crippen LogP contribution in [0.2, 0.25) is 0 Å². The molecule has 5 nitrogen and oxygen atoms in total. The fraction of sp³-hybridized carbons (Fsp3) is 0.700. The second-order valence-electron chi connectivity index (χ2n) is 4.07. The van der Waals surface area contributed by atoms with Gasteiger partial charge in [0.25, 0.3) is 0 Å². The number of carbonyl (C=O) groups is 3. The summed E-state index contributed by atoms with van der Waals surface area (Å²) in [5.41, 5.74) is 0. The van der Waals surface area contributed by atoms with Crippen molar-refractivity contribution in [1.82, 2.24) is 10.2 Å². The third kappa shape index (κ3) is 2.55. The zero-order chi connectivity index (χ0) is 11.6. The van der Waals surface area contributed by atoms with Crippen LogP contribution in [0.4, 0.5) is 0 Å². The highest BCUT2D eigenvalue weighted by atomic mass is 16.2. The van der Waals surface area contributed by atoms with E-state index in [0.717, 1.165) is 0 Å². The summed E-state index contributed by atoms with van der Waals surface area (Å²) >= 11 is 0. The summed E-state index contributed by atoms with van der Waals surface area (Å²) in [6, 6.07) is -0.502. The Hall–Kier alpha value is -1.39. The van der Waals surface area contributed by atoms with Gasteiger partial charge < -0.3 is 4.90 Å². The molecule has 1 unspecified atom stereocenters. The Bertz CT molecular complexity index is 299. The van der Waals surface area contributed by atoms with E-state index in [-0.39, 0.29) is 23.6 Å². The van der Waals surface area contributed by atoms with Crippen LogP contribution in [0.25, 0.3) is 0 Å². The number of hydrogen-bond acceptors (Lipinski definition) is 3. The summed E-state index contributed by atoms with van der Waals surface area (Å²) in [4.78, 5) is 35.4. The van der Waals surface area contributed by atoms with Crippen molar-refractivity contribution in [2.75, 3.05) is 7.05 Å². The number of likely N-dealkylation sites (N-methyl/N-ethyl adjacent to an activating group) is 1.